The van der Waals surface area contributed by atoms with E-state index in [4.69, 9.17) is 5.11 Å². The zero-order chi connectivity index (χ0) is 16.1. The van der Waals surface area contributed by atoms with Crippen LogP contribution in [0.2, 0.25) is 0 Å². The molecule has 1 aromatic rings. The summed E-state index contributed by atoms with van der Waals surface area (Å²) in [4.78, 5) is 14.6. The Bertz CT molecular complexity index is 564. The van der Waals surface area contributed by atoms with Crippen molar-refractivity contribution < 1.29 is 18.3 Å². The predicted molar refractivity (Wildman–Crippen MR) is 80.4 cm³/mol. The van der Waals surface area contributed by atoms with Crippen LogP contribution in [0.25, 0.3) is 0 Å². The fourth-order valence-corrected chi connectivity index (χ4v) is 3.91. The summed E-state index contributed by atoms with van der Waals surface area (Å²) in [7, 11) is -3.52. The summed E-state index contributed by atoms with van der Waals surface area (Å²) in [5.41, 5.74) is 0.243. The van der Waals surface area contributed by atoms with Crippen molar-refractivity contribution in [1.29, 1.82) is 0 Å². The zero-order valence-corrected chi connectivity index (χ0v) is 13.4. The van der Waals surface area contributed by atoms with E-state index in [0.29, 0.717) is 6.42 Å². The molecule has 0 fully saturated rings. The Morgan fingerprint density at radius 1 is 1.29 bits per heavy atom. The van der Waals surface area contributed by atoms with Gasteiger partial charge in [0.25, 0.3) is 0 Å². The van der Waals surface area contributed by atoms with E-state index in [0.717, 1.165) is 5.56 Å². The molecular formula is C14H22N2O4S. The monoisotopic (exact) mass is 314 g/mol. The maximum atomic E-state index is 12.5. The summed E-state index contributed by atoms with van der Waals surface area (Å²) in [5.74, 6) is -1.05. The molecule has 0 amide bonds. The van der Waals surface area contributed by atoms with Gasteiger partial charge in [-0.25, -0.2) is 8.42 Å². The van der Waals surface area contributed by atoms with Gasteiger partial charge >= 0.3 is 5.97 Å². The number of aromatic nitrogens is 1. The molecule has 1 aromatic heterocycles. The lowest BCUT2D eigenvalue weighted by Crippen LogP contribution is -2.47. The topological polar surface area (TPSA) is 87.6 Å². The Hall–Kier alpha value is -1.47. The van der Waals surface area contributed by atoms with E-state index in [1.54, 1.807) is 45.3 Å². The van der Waals surface area contributed by atoms with Crippen LogP contribution in [0.15, 0.2) is 24.5 Å². The first-order valence-corrected chi connectivity index (χ1v) is 8.35. The summed E-state index contributed by atoms with van der Waals surface area (Å²) in [6.07, 6.45) is 3.41. The third kappa shape index (κ3) is 5.81. The van der Waals surface area contributed by atoms with E-state index in [1.807, 2.05) is 0 Å². The van der Waals surface area contributed by atoms with Gasteiger partial charge in [-0.3, -0.25) is 9.78 Å². The van der Waals surface area contributed by atoms with Crippen LogP contribution in [0.1, 0.15) is 32.8 Å². The minimum absolute atomic E-state index is 0.0164. The van der Waals surface area contributed by atoms with E-state index < -0.39 is 21.5 Å². The molecule has 0 spiro atoms. The Labute approximate surface area is 125 Å². The number of hydrogen-bond acceptors (Lipinski definition) is 4. The molecule has 0 unspecified atom stereocenters. The Morgan fingerprint density at radius 3 is 2.33 bits per heavy atom. The minimum Gasteiger partial charge on any atom is -0.481 e. The molecule has 6 nitrogen and oxygen atoms in total. The maximum Gasteiger partial charge on any atom is 0.304 e. The highest BCUT2D eigenvalue weighted by molar-refractivity contribution is 7.89. The Morgan fingerprint density at radius 2 is 1.86 bits per heavy atom. The molecule has 0 atom stereocenters. The lowest BCUT2D eigenvalue weighted by atomic mass is 10.1. The Balaban J connectivity index is 2.81. The SMILES string of the molecule is CC(C)(C)N(CCC(=O)O)S(=O)(=O)CCc1ccncc1. The number of nitrogens with zero attached hydrogens (tertiary/aromatic N) is 2. The van der Waals surface area contributed by atoms with Crippen molar-refractivity contribution in [3.05, 3.63) is 30.1 Å². The van der Waals surface area contributed by atoms with Crippen molar-refractivity contribution in [2.24, 2.45) is 0 Å². The molecule has 7 heteroatoms. The van der Waals surface area contributed by atoms with E-state index in [1.165, 1.54) is 4.31 Å². The third-order valence-corrected chi connectivity index (χ3v) is 5.13. The fourth-order valence-electron chi connectivity index (χ4n) is 2.00. The first-order valence-electron chi connectivity index (χ1n) is 6.74. The molecule has 0 aliphatic carbocycles. The number of aliphatic carboxylic acids is 1. The highest BCUT2D eigenvalue weighted by Crippen LogP contribution is 2.20. The van der Waals surface area contributed by atoms with Crippen molar-refractivity contribution in [3.8, 4) is 0 Å². The summed E-state index contributed by atoms with van der Waals surface area (Å²) in [6, 6.07) is 3.54. The van der Waals surface area contributed by atoms with Gasteiger partial charge in [0.1, 0.15) is 0 Å². The van der Waals surface area contributed by atoms with Gasteiger partial charge in [0, 0.05) is 24.5 Å². The fraction of sp³-hybridized carbons (Fsp3) is 0.571. The molecule has 0 aliphatic heterocycles. The van der Waals surface area contributed by atoms with Crippen molar-refractivity contribution in [2.45, 2.75) is 39.2 Å². The van der Waals surface area contributed by atoms with E-state index in [2.05, 4.69) is 4.98 Å². The van der Waals surface area contributed by atoms with Crippen LogP contribution in [0.5, 0.6) is 0 Å². The first-order chi connectivity index (χ1) is 9.63. The van der Waals surface area contributed by atoms with Gasteiger partial charge < -0.3 is 5.11 Å². The molecule has 0 saturated carbocycles. The van der Waals surface area contributed by atoms with Gasteiger partial charge in [-0.15, -0.1) is 0 Å². The quantitative estimate of drug-likeness (QED) is 0.824. The molecule has 118 valence electrons. The average molecular weight is 314 g/mol. The van der Waals surface area contributed by atoms with Gasteiger partial charge in [-0.05, 0) is 44.9 Å². The van der Waals surface area contributed by atoms with Crippen molar-refractivity contribution in [3.63, 3.8) is 0 Å². The van der Waals surface area contributed by atoms with Crippen LogP contribution >= 0.6 is 0 Å². The second-order valence-corrected chi connectivity index (χ2v) is 7.82. The van der Waals surface area contributed by atoms with Gasteiger partial charge in [0.05, 0.1) is 12.2 Å². The zero-order valence-electron chi connectivity index (χ0n) is 12.6. The number of aryl methyl sites for hydroxylation is 1. The van der Waals surface area contributed by atoms with Gasteiger partial charge in [-0.2, -0.15) is 4.31 Å². The van der Waals surface area contributed by atoms with Gasteiger partial charge in [0.2, 0.25) is 10.0 Å². The highest BCUT2D eigenvalue weighted by Gasteiger charge is 2.32. The molecule has 1 N–H and O–H groups in total. The number of carbonyl (C=O) groups is 1. The second-order valence-electron chi connectivity index (χ2n) is 5.81. The minimum atomic E-state index is -3.52. The van der Waals surface area contributed by atoms with Crippen LogP contribution in [0, 0.1) is 0 Å². The van der Waals surface area contributed by atoms with Crippen molar-refractivity contribution in [2.75, 3.05) is 12.3 Å². The van der Waals surface area contributed by atoms with E-state index >= 15 is 0 Å². The summed E-state index contributed by atoms with van der Waals surface area (Å²) < 4.78 is 26.2. The van der Waals surface area contributed by atoms with Crippen LogP contribution in [0.4, 0.5) is 0 Å². The first kappa shape index (κ1) is 17.6. The number of carboxylic acid groups (broad SMARTS) is 1. The second kappa shape index (κ2) is 7.00. The number of rotatable bonds is 7. The molecule has 1 heterocycles. The highest BCUT2D eigenvalue weighted by atomic mass is 32.2. The van der Waals surface area contributed by atoms with Crippen LogP contribution in [-0.2, 0) is 21.2 Å². The lowest BCUT2D eigenvalue weighted by Gasteiger charge is -2.34. The summed E-state index contributed by atoms with van der Waals surface area (Å²) in [6.45, 7) is 5.27. The summed E-state index contributed by atoms with van der Waals surface area (Å²) >= 11 is 0. The van der Waals surface area contributed by atoms with Gasteiger partial charge in [0.15, 0.2) is 0 Å². The normalized spacial score (nSPS) is 12.6. The molecule has 21 heavy (non-hydrogen) atoms. The molecule has 0 radical (unpaired) electrons. The number of pyridine rings is 1. The predicted octanol–water partition coefficient (Wildman–Crippen LogP) is 1.53. The van der Waals surface area contributed by atoms with Crippen molar-refractivity contribution >= 4 is 16.0 Å². The smallest absolute Gasteiger partial charge is 0.304 e. The van der Waals surface area contributed by atoms with E-state index in [-0.39, 0.29) is 18.7 Å². The van der Waals surface area contributed by atoms with E-state index in [9.17, 15) is 13.2 Å². The molecule has 0 aliphatic rings. The van der Waals surface area contributed by atoms with Crippen LogP contribution in [0.3, 0.4) is 0 Å². The number of carboxylic acids is 1. The standard InChI is InChI=1S/C14H22N2O4S/c1-14(2,3)16(10-6-13(17)18)21(19,20)11-7-12-4-8-15-9-5-12/h4-5,8-9H,6-7,10-11H2,1-3H3,(H,17,18). The van der Waals surface area contributed by atoms with Gasteiger partial charge in [-0.1, -0.05) is 0 Å². The largest absolute Gasteiger partial charge is 0.481 e. The molecule has 0 aromatic carbocycles. The molecule has 1 rings (SSSR count). The molecule has 0 saturated heterocycles. The summed E-state index contributed by atoms with van der Waals surface area (Å²) in [5, 5.41) is 8.77. The van der Waals surface area contributed by atoms with Crippen LogP contribution < -0.4 is 0 Å². The third-order valence-electron chi connectivity index (χ3n) is 3.01. The Kier molecular flexibility index (Phi) is 5.86. The van der Waals surface area contributed by atoms with Crippen molar-refractivity contribution in [1.82, 2.24) is 9.29 Å². The number of sulfonamides is 1. The molecular weight excluding hydrogens is 292 g/mol. The number of hydrogen-bond donors (Lipinski definition) is 1. The average Bonchev–Trinajstić information content (AvgIpc) is 2.35. The maximum absolute atomic E-state index is 12.5. The lowest BCUT2D eigenvalue weighted by molar-refractivity contribution is -0.137. The van der Waals surface area contributed by atoms with Crippen LogP contribution in [-0.4, -0.2) is 46.6 Å². The molecule has 0 bridgehead atoms.